The third-order valence-electron chi connectivity index (χ3n) is 6.19. The maximum Gasteiger partial charge on any atom is 0.429 e. The number of nitrogens with two attached hydrogens (primary N) is 2. The molecule has 0 radical (unpaired) electrons. The minimum atomic E-state index is -0.544. The Hall–Kier alpha value is -3.19. The Morgan fingerprint density at radius 1 is 1.15 bits per heavy atom. The number of aromatic nitrogens is 1. The number of carbonyl (C=O) groups is 1. The summed E-state index contributed by atoms with van der Waals surface area (Å²) in [5.41, 5.74) is 10.8. The van der Waals surface area contributed by atoms with E-state index in [-0.39, 0.29) is 12.1 Å². The van der Waals surface area contributed by atoms with E-state index in [4.69, 9.17) is 21.1 Å². The standard InChI is InChI=1S/C26H34N4O3/c1-5-14-32-21-12-13-22-23(15-21)29(16(2)3)25(24(22)27)19-8-10-20(11-9-19)30(28)26(31)33-17(4)18-6-7-18/h8-13,15-18H,5-7,14,27-28H2,1-4H3. The average Bonchev–Trinajstić information content (AvgIpc) is 3.61. The molecule has 4 rings (SSSR count). The minimum absolute atomic E-state index is 0.115. The van der Waals surface area contributed by atoms with Crippen molar-refractivity contribution < 1.29 is 14.3 Å². The van der Waals surface area contributed by atoms with Gasteiger partial charge in [-0.15, -0.1) is 0 Å². The van der Waals surface area contributed by atoms with E-state index in [2.05, 4.69) is 31.4 Å². The Labute approximate surface area is 195 Å². The zero-order valence-corrected chi connectivity index (χ0v) is 19.9. The lowest BCUT2D eigenvalue weighted by molar-refractivity contribution is 0.102. The summed E-state index contributed by atoms with van der Waals surface area (Å²) in [5.74, 6) is 7.33. The molecule has 1 aliphatic rings. The highest BCUT2D eigenvalue weighted by atomic mass is 16.6. The molecule has 7 heteroatoms. The normalized spacial score (nSPS) is 14.5. The van der Waals surface area contributed by atoms with Crippen molar-refractivity contribution in [2.24, 2.45) is 11.8 Å². The van der Waals surface area contributed by atoms with Gasteiger partial charge in [0.2, 0.25) is 0 Å². The Morgan fingerprint density at radius 2 is 1.85 bits per heavy atom. The fourth-order valence-electron chi connectivity index (χ4n) is 4.22. The third-order valence-corrected chi connectivity index (χ3v) is 6.19. The number of benzene rings is 2. The number of rotatable bonds is 8. The Kier molecular flexibility index (Phi) is 6.51. The number of hydrazine groups is 1. The molecule has 1 unspecified atom stereocenters. The lowest BCUT2D eigenvalue weighted by Gasteiger charge is -2.20. The summed E-state index contributed by atoms with van der Waals surface area (Å²) < 4.78 is 13.6. The first kappa shape index (κ1) is 23.0. The van der Waals surface area contributed by atoms with Gasteiger partial charge in [-0.1, -0.05) is 19.1 Å². The van der Waals surface area contributed by atoms with Crippen LogP contribution >= 0.6 is 0 Å². The molecule has 0 bridgehead atoms. The maximum atomic E-state index is 12.4. The molecule has 1 saturated carbocycles. The van der Waals surface area contributed by atoms with Crippen LogP contribution in [0, 0.1) is 5.92 Å². The maximum absolute atomic E-state index is 12.4. The van der Waals surface area contributed by atoms with Crippen LogP contribution in [-0.4, -0.2) is 23.4 Å². The number of nitrogen functional groups attached to an aromatic ring is 1. The van der Waals surface area contributed by atoms with Crippen molar-refractivity contribution in [3.8, 4) is 17.0 Å². The zero-order valence-electron chi connectivity index (χ0n) is 19.9. The minimum Gasteiger partial charge on any atom is -0.494 e. The molecule has 33 heavy (non-hydrogen) atoms. The van der Waals surface area contributed by atoms with Gasteiger partial charge in [-0.3, -0.25) is 0 Å². The summed E-state index contributed by atoms with van der Waals surface area (Å²) in [6.45, 7) is 8.95. The number of amides is 1. The first-order valence-corrected chi connectivity index (χ1v) is 11.7. The lowest BCUT2D eigenvalue weighted by Crippen LogP contribution is -2.39. The molecule has 7 nitrogen and oxygen atoms in total. The van der Waals surface area contributed by atoms with Gasteiger partial charge in [-0.2, -0.15) is 0 Å². The van der Waals surface area contributed by atoms with Crippen molar-refractivity contribution in [2.75, 3.05) is 17.3 Å². The zero-order chi connectivity index (χ0) is 23.7. The highest BCUT2D eigenvalue weighted by Gasteiger charge is 2.31. The largest absolute Gasteiger partial charge is 0.494 e. The van der Waals surface area contributed by atoms with E-state index in [9.17, 15) is 4.79 Å². The number of anilines is 2. The molecular formula is C26H34N4O3. The second-order valence-electron chi connectivity index (χ2n) is 9.10. The molecule has 1 aromatic heterocycles. The van der Waals surface area contributed by atoms with E-state index in [1.165, 1.54) is 0 Å². The summed E-state index contributed by atoms with van der Waals surface area (Å²) in [4.78, 5) is 12.4. The van der Waals surface area contributed by atoms with Gasteiger partial charge in [0.25, 0.3) is 0 Å². The molecule has 3 aromatic rings. The van der Waals surface area contributed by atoms with Crippen LogP contribution in [0.1, 0.15) is 53.0 Å². The third kappa shape index (κ3) is 4.64. The predicted molar refractivity (Wildman–Crippen MR) is 133 cm³/mol. The summed E-state index contributed by atoms with van der Waals surface area (Å²) in [6, 6.07) is 13.7. The van der Waals surface area contributed by atoms with Gasteiger partial charge in [0.1, 0.15) is 11.9 Å². The molecule has 176 valence electrons. The van der Waals surface area contributed by atoms with Gasteiger partial charge in [0.15, 0.2) is 0 Å². The molecule has 4 N–H and O–H groups in total. The Morgan fingerprint density at radius 3 is 2.45 bits per heavy atom. The van der Waals surface area contributed by atoms with Gasteiger partial charge >= 0.3 is 6.09 Å². The molecular weight excluding hydrogens is 416 g/mol. The first-order chi connectivity index (χ1) is 15.8. The molecule has 1 atom stereocenters. The Balaban J connectivity index is 1.64. The highest BCUT2D eigenvalue weighted by molar-refractivity contribution is 6.01. The van der Waals surface area contributed by atoms with Crippen LogP contribution in [-0.2, 0) is 4.74 Å². The predicted octanol–water partition coefficient (Wildman–Crippen LogP) is 5.88. The second kappa shape index (κ2) is 9.35. The quantitative estimate of drug-likeness (QED) is 0.254. The molecule has 1 heterocycles. The van der Waals surface area contributed by atoms with Gasteiger partial charge < -0.3 is 19.8 Å². The monoisotopic (exact) mass is 450 g/mol. The van der Waals surface area contributed by atoms with Crippen molar-refractivity contribution in [2.45, 2.75) is 59.1 Å². The molecule has 0 saturated heterocycles. The number of hydrogen-bond donors (Lipinski definition) is 2. The highest BCUT2D eigenvalue weighted by Crippen LogP contribution is 2.40. The molecule has 1 fully saturated rings. The molecule has 1 amide bonds. The van der Waals surface area contributed by atoms with E-state index in [0.717, 1.165) is 57.9 Å². The number of fused-ring (bicyclic) bond motifs is 1. The smallest absolute Gasteiger partial charge is 0.429 e. The van der Waals surface area contributed by atoms with Crippen molar-refractivity contribution in [1.29, 1.82) is 0 Å². The fourth-order valence-corrected chi connectivity index (χ4v) is 4.22. The number of carbonyl (C=O) groups excluding carboxylic acids is 1. The summed E-state index contributed by atoms with van der Waals surface area (Å²) in [5, 5.41) is 2.05. The van der Waals surface area contributed by atoms with E-state index < -0.39 is 6.09 Å². The van der Waals surface area contributed by atoms with Crippen LogP contribution in [0.25, 0.3) is 22.2 Å². The summed E-state index contributed by atoms with van der Waals surface area (Å²) >= 11 is 0. The van der Waals surface area contributed by atoms with E-state index >= 15 is 0 Å². The SMILES string of the molecule is CCCOc1ccc2c(N)c(-c3ccc(N(N)C(=O)OC(C)C4CC4)cc3)n(C(C)C)c2c1. The molecule has 0 spiro atoms. The van der Waals surface area contributed by atoms with Gasteiger partial charge in [0.05, 0.1) is 29.2 Å². The van der Waals surface area contributed by atoms with Gasteiger partial charge in [-0.05, 0) is 70.2 Å². The van der Waals surface area contributed by atoms with Gasteiger partial charge in [-0.25, -0.2) is 15.6 Å². The van der Waals surface area contributed by atoms with Crippen molar-refractivity contribution in [1.82, 2.24) is 4.57 Å². The number of nitrogens with zero attached hydrogens (tertiary/aromatic N) is 2. The summed E-state index contributed by atoms with van der Waals surface area (Å²) in [6.07, 6.45) is 2.50. The van der Waals surface area contributed by atoms with Crippen LogP contribution in [0.4, 0.5) is 16.2 Å². The van der Waals surface area contributed by atoms with Crippen LogP contribution in [0.3, 0.4) is 0 Å². The lowest BCUT2D eigenvalue weighted by atomic mass is 10.1. The Bertz CT molecular complexity index is 1130. The number of ether oxygens (including phenoxy) is 2. The van der Waals surface area contributed by atoms with E-state index in [1.807, 2.05) is 43.3 Å². The van der Waals surface area contributed by atoms with Crippen LogP contribution < -0.4 is 21.3 Å². The van der Waals surface area contributed by atoms with Crippen LogP contribution in [0.15, 0.2) is 42.5 Å². The topological polar surface area (TPSA) is 95.7 Å². The molecule has 1 aliphatic carbocycles. The van der Waals surface area contributed by atoms with E-state index in [1.54, 1.807) is 0 Å². The van der Waals surface area contributed by atoms with Gasteiger partial charge in [0, 0.05) is 23.1 Å². The van der Waals surface area contributed by atoms with Crippen molar-refractivity contribution >= 4 is 28.4 Å². The summed E-state index contributed by atoms with van der Waals surface area (Å²) in [7, 11) is 0. The molecule has 0 aliphatic heterocycles. The fraction of sp³-hybridized carbons (Fsp3) is 0.423. The first-order valence-electron chi connectivity index (χ1n) is 11.7. The average molecular weight is 451 g/mol. The van der Waals surface area contributed by atoms with Crippen molar-refractivity contribution in [3.05, 3.63) is 42.5 Å². The van der Waals surface area contributed by atoms with Crippen LogP contribution in [0.2, 0.25) is 0 Å². The number of hydrogen-bond acceptors (Lipinski definition) is 5. The molecule has 2 aromatic carbocycles. The van der Waals surface area contributed by atoms with Crippen LogP contribution in [0.5, 0.6) is 5.75 Å². The van der Waals surface area contributed by atoms with Crippen molar-refractivity contribution in [3.63, 3.8) is 0 Å². The second-order valence-corrected chi connectivity index (χ2v) is 9.10. The van der Waals surface area contributed by atoms with E-state index in [0.29, 0.717) is 18.2 Å².